The van der Waals surface area contributed by atoms with Gasteiger partial charge in [-0.25, -0.2) is 8.42 Å². The van der Waals surface area contributed by atoms with E-state index in [0.29, 0.717) is 51.1 Å². The quantitative estimate of drug-likeness (QED) is 0.609. The Morgan fingerprint density at radius 2 is 1.81 bits per heavy atom. The molecule has 1 heterocycles. The van der Waals surface area contributed by atoms with Crippen molar-refractivity contribution in [1.82, 2.24) is 9.62 Å². The van der Waals surface area contributed by atoms with Gasteiger partial charge in [0.05, 0.1) is 12.0 Å². The highest BCUT2D eigenvalue weighted by Crippen LogP contribution is 2.25. The van der Waals surface area contributed by atoms with Crippen LogP contribution in [0.25, 0.3) is 0 Å². The fraction of sp³-hybridized carbons (Fsp3) is 0.556. The number of nitrogens with zero attached hydrogens (tertiary/aromatic N) is 1. The molecule has 0 saturated carbocycles. The normalized spacial score (nSPS) is 16.0. The largest absolute Gasteiger partial charge is 0.497 e. The van der Waals surface area contributed by atoms with Crippen molar-refractivity contribution in [2.24, 2.45) is 5.92 Å². The third-order valence-corrected chi connectivity index (χ3v) is 6.55. The average molecular weight is 398 g/mol. The van der Waals surface area contributed by atoms with Gasteiger partial charge in [0, 0.05) is 32.0 Å². The van der Waals surface area contributed by atoms with Crippen molar-refractivity contribution in [2.45, 2.75) is 37.0 Å². The number of methoxy groups -OCH3 is 1. The zero-order chi connectivity index (χ0) is 19.9. The Kier molecular flexibility index (Phi) is 7.61. The van der Waals surface area contributed by atoms with Crippen LogP contribution in [0.4, 0.5) is 0 Å². The molecule has 1 aromatic rings. The van der Waals surface area contributed by atoms with Gasteiger partial charge >= 0.3 is 5.97 Å². The molecule has 0 bridgehead atoms. The number of carbonyl (C=O) groups is 2. The fourth-order valence-corrected chi connectivity index (χ4v) is 4.48. The highest BCUT2D eigenvalue weighted by Gasteiger charge is 2.31. The van der Waals surface area contributed by atoms with Gasteiger partial charge in [-0.05, 0) is 49.9 Å². The number of carboxylic acids is 1. The van der Waals surface area contributed by atoms with Crippen molar-refractivity contribution in [1.29, 1.82) is 0 Å². The lowest BCUT2D eigenvalue weighted by Gasteiger charge is -2.30. The maximum atomic E-state index is 12.7. The van der Waals surface area contributed by atoms with Crippen LogP contribution >= 0.6 is 0 Å². The summed E-state index contributed by atoms with van der Waals surface area (Å²) in [6, 6.07) is 6.25. The predicted octanol–water partition coefficient (Wildman–Crippen LogP) is 1.47. The highest BCUT2D eigenvalue weighted by molar-refractivity contribution is 7.89. The first kappa shape index (κ1) is 21.2. The Labute approximate surface area is 159 Å². The van der Waals surface area contributed by atoms with E-state index < -0.39 is 16.0 Å². The van der Waals surface area contributed by atoms with E-state index in [1.165, 1.54) is 23.5 Å². The topological polar surface area (TPSA) is 113 Å². The maximum Gasteiger partial charge on any atom is 0.303 e. The van der Waals surface area contributed by atoms with Crippen LogP contribution in [-0.2, 0) is 19.6 Å². The lowest BCUT2D eigenvalue weighted by atomic mass is 9.97. The zero-order valence-electron chi connectivity index (χ0n) is 15.4. The minimum atomic E-state index is -3.58. The number of amides is 1. The van der Waals surface area contributed by atoms with Crippen LogP contribution in [0.5, 0.6) is 5.75 Å². The first-order valence-electron chi connectivity index (χ1n) is 8.98. The van der Waals surface area contributed by atoms with Crippen LogP contribution in [0, 0.1) is 5.92 Å². The molecule has 1 aliphatic heterocycles. The molecular formula is C18H26N2O6S. The molecule has 2 rings (SSSR count). The summed E-state index contributed by atoms with van der Waals surface area (Å²) in [5, 5.41) is 11.4. The van der Waals surface area contributed by atoms with Gasteiger partial charge in [0.15, 0.2) is 0 Å². The second-order valence-electron chi connectivity index (χ2n) is 6.50. The summed E-state index contributed by atoms with van der Waals surface area (Å²) >= 11 is 0. The molecule has 0 radical (unpaired) electrons. The number of benzene rings is 1. The summed E-state index contributed by atoms with van der Waals surface area (Å²) < 4.78 is 31.9. The monoisotopic (exact) mass is 398 g/mol. The molecule has 1 saturated heterocycles. The SMILES string of the molecule is COc1ccc(S(=O)(=O)N2CCC(C(=O)NCCCCC(=O)O)CC2)cc1. The van der Waals surface area contributed by atoms with Crippen LogP contribution in [0.1, 0.15) is 32.1 Å². The molecule has 1 fully saturated rings. The van der Waals surface area contributed by atoms with E-state index in [1.807, 2.05) is 0 Å². The number of ether oxygens (including phenoxy) is 1. The first-order valence-corrected chi connectivity index (χ1v) is 10.4. The maximum absolute atomic E-state index is 12.7. The molecule has 8 nitrogen and oxygen atoms in total. The molecular weight excluding hydrogens is 372 g/mol. The van der Waals surface area contributed by atoms with E-state index in [-0.39, 0.29) is 23.1 Å². The van der Waals surface area contributed by atoms with Crippen molar-refractivity contribution in [3.63, 3.8) is 0 Å². The summed E-state index contributed by atoms with van der Waals surface area (Å²) in [5.41, 5.74) is 0. The number of hydrogen-bond acceptors (Lipinski definition) is 5. The molecule has 27 heavy (non-hydrogen) atoms. The fourth-order valence-electron chi connectivity index (χ4n) is 3.01. The van der Waals surface area contributed by atoms with Crippen LogP contribution in [0.3, 0.4) is 0 Å². The molecule has 2 N–H and O–H groups in total. The molecule has 1 aliphatic rings. The number of rotatable bonds is 9. The van der Waals surface area contributed by atoms with Crippen molar-refractivity contribution in [3.05, 3.63) is 24.3 Å². The van der Waals surface area contributed by atoms with Crippen LogP contribution < -0.4 is 10.1 Å². The Bertz CT molecular complexity index is 740. The number of carboxylic acid groups (broad SMARTS) is 1. The van der Waals surface area contributed by atoms with Gasteiger partial charge in [-0.1, -0.05) is 0 Å². The van der Waals surface area contributed by atoms with Crippen molar-refractivity contribution in [3.8, 4) is 5.75 Å². The van der Waals surface area contributed by atoms with Crippen molar-refractivity contribution in [2.75, 3.05) is 26.7 Å². The van der Waals surface area contributed by atoms with Crippen molar-refractivity contribution >= 4 is 21.9 Å². The third-order valence-electron chi connectivity index (χ3n) is 4.64. The number of nitrogens with one attached hydrogen (secondary N) is 1. The summed E-state index contributed by atoms with van der Waals surface area (Å²) in [4.78, 5) is 22.8. The molecule has 0 spiro atoms. The second kappa shape index (κ2) is 9.70. The number of sulfonamides is 1. The smallest absolute Gasteiger partial charge is 0.303 e. The minimum Gasteiger partial charge on any atom is -0.497 e. The third kappa shape index (κ3) is 5.93. The Morgan fingerprint density at radius 3 is 2.37 bits per heavy atom. The molecule has 9 heteroatoms. The highest BCUT2D eigenvalue weighted by atomic mass is 32.2. The molecule has 0 unspecified atom stereocenters. The lowest BCUT2D eigenvalue weighted by Crippen LogP contribution is -2.43. The van der Waals surface area contributed by atoms with E-state index in [1.54, 1.807) is 12.1 Å². The molecule has 1 aromatic carbocycles. The van der Waals surface area contributed by atoms with E-state index >= 15 is 0 Å². The van der Waals surface area contributed by atoms with Crippen LogP contribution in [0.2, 0.25) is 0 Å². The summed E-state index contributed by atoms with van der Waals surface area (Å²) in [6.45, 7) is 1.04. The Hall–Kier alpha value is -2.13. The van der Waals surface area contributed by atoms with Gasteiger partial charge in [-0.3, -0.25) is 9.59 Å². The number of hydrogen-bond donors (Lipinski definition) is 2. The van der Waals surface area contributed by atoms with Gasteiger partial charge in [0.25, 0.3) is 0 Å². The Morgan fingerprint density at radius 1 is 1.19 bits per heavy atom. The van der Waals surface area contributed by atoms with Gasteiger partial charge < -0.3 is 15.2 Å². The molecule has 0 aromatic heterocycles. The van der Waals surface area contributed by atoms with Crippen molar-refractivity contribution < 1.29 is 27.9 Å². The molecule has 150 valence electrons. The number of piperidine rings is 1. The van der Waals surface area contributed by atoms with Crippen LogP contribution in [-0.4, -0.2) is 56.5 Å². The summed E-state index contributed by atoms with van der Waals surface area (Å²) in [7, 11) is -2.06. The van der Waals surface area contributed by atoms with Gasteiger partial charge in [-0.15, -0.1) is 0 Å². The minimum absolute atomic E-state index is 0.0909. The molecule has 1 amide bonds. The lowest BCUT2D eigenvalue weighted by molar-refractivity contribution is -0.137. The van der Waals surface area contributed by atoms with Gasteiger partial charge in [0.1, 0.15) is 5.75 Å². The van der Waals surface area contributed by atoms with E-state index in [2.05, 4.69) is 5.32 Å². The second-order valence-corrected chi connectivity index (χ2v) is 8.43. The summed E-state index contributed by atoms with van der Waals surface area (Å²) in [5.74, 6) is -0.557. The van der Waals surface area contributed by atoms with E-state index in [9.17, 15) is 18.0 Å². The first-order chi connectivity index (χ1) is 12.8. The zero-order valence-corrected chi connectivity index (χ0v) is 16.2. The average Bonchev–Trinajstić information content (AvgIpc) is 2.67. The van der Waals surface area contributed by atoms with E-state index in [0.717, 1.165) is 0 Å². The standard InChI is InChI=1S/C18H26N2O6S/c1-26-15-5-7-16(8-6-15)27(24,25)20-12-9-14(10-13-20)18(23)19-11-3-2-4-17(21)22/h5-8,14H,2-4,9-13H2,1H3,(H,19,23)(H,21,22). The summed E-state index contributed by atoms with van der Waals surface area (Å²) in [6.07, 6.45) is 2.17. The molecule has 0 atom stereocenters. The Balaban J connectivity index is 1.81. The van der Waals surface area contributed by atoms with Gasteiger partial charge in [-0.2, -0.15) is 4.31 Å². The number of carbonyl (C=O) groups excluding carboxylic acids is 1. The number of aliphatic carboxylic acids is 1. The van der Waals surface area contributed by atoms with Crippen LogP contribution in [0.15, 0.2) is 29.2 Å². The van der Waals surface area contributed by atoms with E-state index in [4.69, 9.17) is 9.84 Å². The van der Waals surface area contributed by atoms with Gasteiger partial charge in [0.2, 0.25) is 15.9 Å². The number of unbranched alkanes of at least 4 members (excludes halogenated alkanes) is 1. The predicted molar refractivity (Wildman–Crippen MR) is 99.0 cm³/mol. The molecule has 0 aliphatic carbocycles.